The standard InChI is InChI=1S/C15H17BrN4O4S/c1-2-19(12-7-8-25(23,24)9-12)14-13(15(21)22)17-20(18-14)11-5-3-10(16)4-6-11/h3-6,12H,2,7-9H2,1H3,(H,21,22). The van der Waals surface area contributed by atoms with E-state index in [1.807, 2.05) is 6.92 Å². The second-order valence-corrected chi connectivity index (χ2v) is 8.93. The summed E-state index contributed by atoms with van der Waals surface area (Å²) in [4.78, 5) is 14.6. The van der Waals surface area contributed by atoms with Crippen molar-refractivity contribution in [3.63, 3.8) is 0 Å². The van der Waals surface area contributed by atoms with Crippen molar-refractivity contribution in [1.29, 1.82) is 0 Å². The summed E-state index contributed by atoms with van der Waals surface area (Å²) in [5.41, 5.74) is 0.432. The molecule has 0 amide bonds. The lowest BCUT2D eigenvalue weighted by molar-refractivity contribution is 0.0690. The first-order valence-corrected chi connectivity index (χ1v) is 10.4. The summed E-state index contributed by atoms with van der Waals surface area (Å²) in [6, 6.07) is 6.84. The average molecular weight is 429 g/mol. The van der Waals surface area contributed by atoms with E-state index in [9.17, 15) is 18.3 Å². The predicted octanol–water partition coefficient (Wildman–Crippen LogP) is 1.74. The summed E-state index contributed by atoms with van der Waals surface area (Å²) >= 11 is 3.34. The van der Waals surface area contributed by atoms with Crippen LogP contribution in [0, 0.1) is 0 Å². The first-order valence-electron chi connectivity index (χ1n) is 7.74. The number of benzene rings is 1. The van der Waals surface area contributed by atoms with Gasteiger partial charge in [-0.15, -0.1) is 15.0 Å². The van der Waals surface area contributed by atoms with Crippen LogP contribution in [0.3, 0.4) is 0 Å². The molecule has 3 rings (SSSR count). The molecule has 1 saturated heterocycles. The Balaban J connectivity index is 2.01. The maximum absolute atomic E-state index is 11.8. The minimum absolute atomic E-state index is 0.00500. The largest absolute Gasteiger partial charge is 0.476 e. The molecule has 0 aliphatic carbocycles. The van der Waals surface area contributed by atoms with Crippen LogP contribution in [0.1, 0.15) is 23.8 Å². The molecule has 1 N–H and O–H groups in total. The Bertz CT molecular complexity index is 895. The van der Waals surface area contributed by atoms with Gasteiger partial charge in [0.2, 0.25) is 5.69 Å². The number of carboxylic acids is 1. The third kappa shape index (κ3) is 3.69. The number of carboxylic acid groups (broad SMARTS) is 1. The van der Waals surface area contributed by atoms with Crippen LogP contribution in [0.2, 0.25) is 0 Å². The van der Waals surface area contributed by atoms with Crippen molar-refractivity contribution in [2.24, 2.45) is 0 Å². The molecule has 134 valence electrons. The molecule has 0 bridgehead atoms. The second-order valence-electron chi connectivity index (χ2n) is 5.79. The smallest absolute Gasteiger partial charge is 0.360 e. The van der Waals surface area contributed by atoms with Crippen LogP contribution in [0.15, 0.2) is 28.7 Å². The van der Waals surface area contributed by atoms with Gasteiger partial charge in [0.05, 0.1) is 17.2 Å². The number of halogens is 1. The fourth-order valence-corrected chi connectivity index (χ4v) is 4.92. The molecule has 25 heavy (non-hydrogen) atoms. The van der Waals surface area contributed by atoms with E-state index in [-0.39, 0.29) is 29.1 Å². The molecule has 1 aliphatic heterocycles. The van der Waals surface area contributed by atoms with Crippen molar-refractivity contribution >= 4 is 37.6 Å². The van der Waals surface area contributed by atoms with Gasteiger partial charge in [0.25, 0.3) is 0 Å². The predicted molar refractivity (Wildman–Crippen MR) is 96.1 cm³/mol. The zero-order valence-corrected chi connectivity index (χ0v) is 15.9. The summed E-state index contributed by atoms with van der Waals surface area (Å²) in [5.74, 6) is -0.889. The molecule has 1 unspecified atom stereocenters. The fourth-order valence-electron chi connectivity index (χ4n) is 2.92. The van der Waals surface area contributed by atoms with Crippen molar-refractivity contribution < 1.29 is 18.3 Å². The van der Waals surface area contributed by atoms with Gasteiger partial charge in [-0.2, -0.15) is 0 Å². The Kier molecular flexibility index (Phi) is 4.83. The van der Waals surface area contributed by atoms with Gasteiger partial charge in [-0.3, -0.25) is 0 Å². The van der Waals surface area contributed by atoms with Crippen molar-refractivity contribution in [2.45, 2.75) is 19.4 Å². The molecule has 0 radical (unpaired) electrons. The van der Waals surface area contributed by atoms with Crippen molar-refractivity contribution in [2.75, 3.05) is 23.0 Å². The minimum atomic E-state index is -3.09. The maximum Gasteiger partial charge on any atom is 0.360 e. The lowest BCUT2D eigenvalue weighted by Gasteiger charge is -2.26. The summed E-state index contributed by atoms with van der Waals surface area (Å²) < 4.78 is 24.4. The van der Waals surface area contributed by atoms with E-state index >= 15 is 0 Å². The molecule has 0 saturated carbocycles. The fraction of sp³-hybridized carbons (Fsp3) is 0.400. The van der Waals surface area contributed by atoms with Crippen LogP contribution >= 0.6 is 15.9 Å². The monoisotopic (exact) mass is 428 g/mol. The van der Waals surface area contributed by atoms with Gasteiger partial charge in [0.1, 0.15) is 0 Å². The summed E-state index contributed by atoms with van der Waals surface area (Å²) in [6.07, 6.45) is 0.459. The molecule has 1 aliphatic rings. The molecule has 1 fully saturated rings. The third-order valence-electron chi connectivity index (χ3n) is 4.12. The van der Waals surface area contributed by atoms with E-state index in [1.165, 1.54) is 4.80 Å². The molecule has 1 aromatic heterocycles. The number of nitrogens with zero attached hydrogens (tertiary/aromatic N) is 4. The van der Waals surface area contributed by atoms with Gasteiger partial charge in [-0.1, -0.05) is 15.9 Å². The van der Waals surface area contributed by atoms with Gasteiger partial charge in [0.15, 0.2) is 15.7 Å². The highest BCUT2D eigenvalue weighted by atomic mass is 79.9. The zero-order valence-electron chi connectivity index (χ0n) is 13.5. The summed E-state index contributed by atoms with van der Waals surface area (Å²) in [6.45, 7) is 2.29. The lowest BCUT2D eigenvalue weighted by Crippen LogP contribution is -2.37. The van der Waals surface area contributed by atoms with E-state index in [0.29, 0.717) is 18.7 Å². The van der Waals surface area contributed by atoms with Crippen molar-refractivity contribution in [1.82, 2.24) is 15.0 Å². The first kappa shape index (κ1) is 17.9. The van der Waals surface area contributed by atoms with E-state index in [0.717, 1.165) is 4.47 Å². The van der Waals surface area contributed by atoms with Crippen LogP contribution in [0.25, 0.3) is 5.69 Å². The van der Waals surface area contributed by atoms with Crippen LogP contribution in [0.4, 0.5) is 5.82 Å². The van der Waals surface area contributed by atoms with Gasteiger partial charge in [-0.05, 0) is 37.6 Å². The minimum Gasteiger partial charge on any atom is -0.476 e. The molecular formula is C15H17BrN4O4S. The maximum atomic E-state index is 11.8. The Morgan fingerprint density at radius 1 is 1.36 bits per heavy atom. The molecule has 1 aromatic carbocycles. The number of aromatic nitrogens is 3. The number of hydrogen-bond donors (Lipinski definition) is 1. The average Bonchev–Trinajstić information content (AvgIpc) is 3.13. The molecule has 1 atom stereocenters. The number of hydrogen-bond acceptors (Lipinski definition) is 6. The zero-order chi connectivity index (χ0) is 18.2. The number of rotatable bonds is 5. The van der Waals surface area contributed by atoms with Gasteiger partial charge >= 0.3 is 5.97 Å². The summed E-state index contributed by atoms with van der Waals surface area (Å²) in [7, 11) is -3.09. The number of aromatic carboxylic acids is 1. The quantitative estimate of drug-likeness (QED) is 0.772. The topological polar surface area (TPSA) is 105 Å². The van der Waals surface area contributed by atoms with Crippen molar-refractivity contribution in [3.05, 3.63) is 34.4 Å². The normalized spacial score (nSPS) is 19.0. The summed E-state index contributed by atoms with van der Waals surface area (Å²) in [5, 5.41) is 17.9. The first-order chi connectivity index (χ1) is 11.8. The number of sulfone groups is 1. The highest BCUT2D eigenvalue weighted by Crippen LogP contribution is 2.26. The van der Waals surface area contributed by atoms with Crippen molar-refractivity contribution in [3.8, 4) is 5.69 Å². The molecule has 0 spiro atoms. The van der Waals surface area contributed by atoms with Gasteiger partial charge in [-0.25, -0.2) is 13.2 Å². The molecule has 2 aromatic rings. The van der Waals surface area contributed by atoms with E-state index in [1.54, 1.807) is 29.2 Å². The molecule has 2 heterocycles. The highest BCUT2D eigenvalue weighted by Gasteiger charge is 2.35. The van der Waals surface area contributed by atoms with Crippen LogP contribution in [0.5, 0.6) is 0 Å². The molecular weight excluding hydrogens is 412 g/mol. The van der Waals surface area contributed by atoms with E-state index < -0.39 is 15.8 Å². The van der Waals surface area contributed by atoms with Crippen LogP contribution in [-0.2, 0) is 9.84 Å². The highest BCUT2D eigenvalue weighted by molar-refractivity contribution is 9.10. The Morgan fingerprint density at radius 2 is 2.04 bits per heavy atom. The van der Waals surface area contributed by atoms with Crippen LogP contribution < -0.4 is 4.90 Å². The third-order valence-corrected chi connectivity index (χ3v) is 6.40. The van der Waals surface area contributed by atoms with Crippen LogP contribution in [-0.4, -0.2) is 58.6 Å². The Hall–Kier alpha value is -1.94. The van der Waals surface area contributed by atoms with Gasteiger partial charge in [0, 0.05) is 17.1 Å². The Morgan fingerprint density at radius 3 is 2.56 bits per heavy atom. The molecule has 10 heteroatoms. The van der Waals surface area contributed by atoms with E-state index in [4.69, 9.17) is 0 Å². The Labute approximate surface area is 153 Å². The second kappa shape index (κ2) is 6.75. The van der Waals surface area contributed by atoms with E-state index in [2.05, 4.69) is 26.1 Å². The number of anilines is 1. The molecule has 8 nitrogen and oxygen atoms in total. The van der Waals surface area contributed by atoms with Gasteiger partial charge < -0.3 is 10.0 Å². The lowest BCUT2D eigenvalue weighted by atomic mass is 10.2. The number of carbonyl (C=O) groups is 1. The SMILES string of the molecule is CCN(c1nn(-c2ccc(Br)cc2)nc1C(=O)O)C1CCS(=O)(=O)C1.